The van der Waals surface area contributed by atoms with E-state index >= 15 is 0 Å². The normalized spacial score (nSPS) is 16.9. The van der Waals surface area contributed by atoms with Crippen LogP contribution in [0.2, 0.25) is 0 Å². The Bertz CT molecular complexity index is 318. The lowest BCUT2D eigenvalue weighted by molar-refractivity contribution is -0.138. The Morgan fingerprint density at radius 2 is 1.90 bits per heavy atom. The molecular formula is C14H26N2O3S. The Balaban J connectivity index is 2.23. The van der Waals surface area contributed by atoms with Gasteiger partial charge in [0.25, 0.3) is 0 Å². The summed E-state index contributed by atoms with van der Waals surface area (Å²) >= 11 is 1.84. The van der Waals surface area contributed by atoms with Crippen LogP contribution < -0.4 is 10.6 Å². The van der Waals surface area contributed by atoms with Gasteiger partial charge in [-0.3, -0.25) is 4.79 Å². The lowest BCUT2D eigenvalue weighted by Gasteiger charge is -2.28. The van der Waals surface area contributed by atoms with Crippen molar-refractivity contribution in [3.05, 3.63) is 0 Å². The Hall–Kier alpha value is -0.910. The highest BCUT2D eigenvalue weighted by molar-refractivity contribution is 7.98. The number of hydrogen-bond acceptors (Lipinski definition) is 3. The maximum atomic E-state index is 11.9. The maximum absolute atomic E-state index is 11.9. The number of carboxylic acids is 1. The molecule has 0 aromatic rings. The molecule has 0 saturated heterocycles. The number of carbonyl (C=O) groups is 2. The van der Waals surface area contributed by atoms with Gasteiger partial charge in [0, 0.05) is 6.54 Å². The quantitative estimate of drug-likeness (QED) is 0.572. The van der Waals surface area contributed by atoms with Gasteiger partial charge in [0.2, 0.25) is 0 Å². The van der Waals surface area contributed by atoms with Crippen LogP contribution in [0.4, 0.5) is 4.79 Å². The first kappa shape index (κ1) is 17.1. The van der Waals surface area contributed by atoms with Crippen LogP contribution in [-0.2, 0) is 4.79 Å². The molecule has 116 valence electrons. The molecule has 1 aliphatic rings. The van der Waals surface area contributed by atoms with Gasteiger partial charge in [-0.2, -0.15) is 11.8 Å². The Morgan fingerprint density at radius 3 is 2.50 bits per heavy atom. The largest absolute Gasteiger partial charge is 0.481 e. The van der Waals surface area contributed by atoms with Gasteiger partial charge in [-0.15, -0.1) is 0 Å². The van der Waals surface area contributed by atoms with E-state index in [4.69, 9.17) is 5.11 Å². The summed E-state index contributed by atoms with van der Waals surface area (Å²) in [6.07, 6.45) is 8.88. The molecule has 2 amide bonds. The molecule has 0 unspecified atom stereocenters. The monoisotopic (exact) mass is 302 g/mol. The van der Waals surface area contributed by atoms with Crippen molar-refractivity contribution in [3.63, 3.8) is 0 Å². The van der Waals surface area contributed by atoms with Gasteiger partial charge < -0.3 is 15.7 Å². The van der Waals surface area contributed by atoms with Crippen molar-refractivity contribution >= 4 is 23.8 Å². The van der Waals surface area contributed by atoms with Gasteiger partial charge in [-0.25, -0.2) is 4.79 Å². The zero-order chi connectivity index (χ0) is 14.8. The van der Waals surface area contributed by atoms with Crippen molar-refractivity contribution in [1.82, 2.24) is 10.6 Å². The van der Waals surface area contributed by atoms with Crippen molar-refractivity contribution in [2.45, 2.75) is 56.9 Å². The van der Waals surface area contributed by atoms with Gasteiger partial charge in [-0.1, -0.05) is 19.3 Å². The third kappa shape index (κ3) is 6.50. The predicted octanol–water partition coefficient (Wildman–Crippen LogP) is 2.61. The van der Waals surface area contributed by atoms with Crippen LogP contribution in [0.5, 0.6) is 0 Å². The minimum absolute atomic E-state index is 0.0220. The average Bonchev–Trinajstić information content (AvgIpc) is 2.80. The lowest BCUT2D eigenvalue weighted by atomic mass is 9.93. The minimum atomic E-state index is -0.843. The fourth-order valence-electron chi connectivity index (χ4n) is 2.72. The molecule has 1 fully saturated rings. The number of thioether (sulfide) groups is 1. The predicted molar refractivity (Wildman–Crippen MR) is 82.2 cm³/mol. The first-order chi connectivity index (χ1) is 9.58. The van der Waals surface area contributed by atoms with Crippen LogP contribution in [-0.4, -0.2) is 41.2 Å². The smallest absolute Gasteiger partial charge is 0.315 e. The second-order valence-corrected chi connectivity index (χ2v) is 6.48. The summed E-state index contributed by atoms with van der Waals surface area (Å²) in [4.78, 5) is 22.8. The van der Waals surface area contributed by atoms with Crippen LogP contribution >= 0.6 is 11.8 Å². The van der Waals surface area contributed by atoms with E-state index in [1.54, 1.807) is 0 Å². The summed E-state index contributed by atoms with van der Waals surface area (Å²) < 4.78 is 0. The molecule has 20 heavy (non-hydrogen) atoms. The molecular weight excluding hydrogens is 276 g/mol. The summed E-state index contributed by atoms with van der Waals surface area (Å²) in [6.45, 7) is 0.656. The van der Waals surface area contributed by atoms with Crippen LogP contribution in [0.1, 0.15) is 51.4 Å². The highest BCUT2D eigenvalue weighted by atomic mass is 32.2. The van der Waals surface area contributed by atoms with Crippen molar-refractivity contribution in [2.24, 2.45) is 0 Å². The van der Waals surface area contributed by atoms with Crippen molar-refractivity contribution in [1.29, 1.82) is 0 Å². The molecule has 0 bridgehead atoms. The second kappa shape index (κ2) is 9.10. The Morgan fingerprint density at radius 1 is 1.20 bits per heavy atom. The molecule has 0 aromatic carbocycles. The third-order valence-electron chi connectivity index (χ3n) is 3.74. The summed E-state index contributed by atoms with van der Waals surface area (Å²) in [6, 6.07) is -0.224. The molecule has 6 heteroatoms. The maximum Gasteiger partial charge on any atom is 0.315 e. The SMILES string of the molecule is CSCCCCCNC(=O)NC1(CC(=O)O)CCCC1. The number of hydrogen-bond donors (Lipinski definition) is 3. The van der Waals surface area contributed by atoms with Gasteiger partial charge in [0.1, 0.15) is 0 Å². The Kier molecular flexibility index (Phi) is 7.80. The van der Waals surface area contributed by atoms with E-state index in [0.717, 1.165) is 44.3 Å². The molecule has 0 radical (unpaired) electrons. The molecule has 1 rings (SSSR count). The van der Waals surface area contributed by atoms with Crippen LogP contribution in [0, 0.1) is 0 Å². The molecule has 5 nitrogen and oxygen atoms in total. The molecule has 1 saturated carbocycles. The third-order valence-corrected chi connectivity index (χ3v) is 4.44. The molecule has 3 N–H and O–H groups in total. The zero-order valence-corrected chi connectivity index (χ0v) is 13.1. The number of aliphatic carboxylic acids is 1. The van der Waals surface area contributed by atoms with E-state index < -0.39 is 11.5 Å². The number of carbonyl (C=O) groups excluding carboxylic acids is 1. The Labute approximate surface area is 125 Å². The second-order valence-electron chi connectivity index (χ2n) is 5.49. The van der Waals surface area contributed by atoms with Crippen LogP contribution in [0.25, 0.3) is 0 Å². The molecule has 0 spiro atoms. The topological polar surface area (TPSA) is 78.4 Å². The summed E-state index contributed by atoms with van der Waals surface area (Å²) in [5, 5.41) is 14.7. The van der Waals surface area contributed by atoms with Gasteiger partial charge in [0.15, 0.2) is 0 Å². The number of carboxylic acid groups (broad SMARTS) is 1. The lowest BCUT2D eigenvalue weighted by Crippen LogP contribution is -2.51. The minimum Gasteiger partial charge on any atom is -0.481 e. The zero-order valence-electron chi connectivity index (χ0n) is 12.2. The van der Waals surface area contributed by atoms with Gasteiger partial charge >= 0.3 is 12.0 Å². The highest BCUT2D eigenvalue weighted by Gasteiger charge is 2.37. The van der Waals surface area contributed by atoms with E-state index in [2.05, 4.69) is 16.9 Å². The molecule has 0 atom stereocenters. The fourth-order valence-corrected chi connectivity index (χ4v) is 3.22. The van der Waals surface area contributed by atoms with E-state index in [1.807, 2.05) is 11.8 Å². The van der Waals surface area contributed by atoms with Crippen molar-refractivity contribution < 1.29 is 14.7 Å². The van der Waals surface area contributed by atoms with E-state index in [0.29, 0.717) is 6.54 Å². The first-order valence-corrected chi connectivity index (χ1v) is 8.74. The standard InChI is InChI=1S/C14H26N2O3S/c1-20-10-6-2-5-9-15-13(19)16-14(11-12(17)18)7-3-4-8-14/h2-11H2,1H3,(H,17,18)(H2,15,16,19). The molecule has 1 aliphatic carbocycles. The highest BCUT2D eigenvalue weighted by Crippen LogP contribution is 2.32. The van der Waals surface area contributed by atoms with Gasteiger partial charge in [0.05, 0.1) is 12.0 Å². The summed E-state index contributed by atoms with van der Waals surface area (Å²) in [5.41, 5.74) is -0.533. The van der Waals surface area contributed by atoms with Crippen molar-refractivity contribution in [3.8, 4) is 0 Å². The first-order valence-electron chi connectivity index (χ1n) is 7.35. The summed E-state index contributed by atoms with van der Waals surface area (Å²) in [7, 11) is 0. The average molecular weight is 302 g/mol. The molecule has 0 heterocycles. The summed E-state index contributed by atoms with van der Waals surface area (Å²) in [5.74, 6) is 0.317. The van der Waals surface area contributed by atoms with Crippen LogP contribution in [0.15, 0.2) is 0 Å². The molecule has 0 aromatic heterocycles. The molecule has 0 aliphatic heterocycles. The number of nitrogens with one attached hydrogen (secondary N) is 2. The number of rotatable bonds is 9. The van der Waals surface area contributed by atoms with E-state index in [-0.39, 0.29) is 12.5 Å². The van der Waals surface area contributed by atoms with E-state index in [9.17, 15) is 9.59 Å². The van der Waals surface area contributed by atoms with Crippen molar-refractivity contribution in [2.75, 3.05) is 18.6 Å². The van der Waals surface area contributed by atoms with Gasteiger partial charge in [-0.05, 0) is 37.7 Å². The van der Waals surface area contributed by atoms with Crippen LogP contribution in [0.3, 0.4) is 0 Å². The number of unbranched alkanes of at least 4 members (excludes halogenated alkanes) is 2. The van der Waals surface area contributed by atoms with E-state index in [1.165, 1.54) is 6.42 Å². The fraction of sp³-hybridized carbons (Fsp3) is 0.857. The number of amides is 2. The number of urea groups is 1.